The molecular weight excluding hydrogens is 200 g/mol. The van der Waals surface area contributed by atoms with Crippen molar-refractivity contribution in [1.29, 1.82) is 0 Å². The van der Waals surface area contributed by atoms with E-state index in [1.807, 2.05) is 0 Å². The van der Waals surface area contributed by atoms with Crippen molar-refractivity contribution in [3.63, 3.8) is 0 Å². The molecule has 1 fully saturated rings. The van der Waals surface area contributed by atoms with E-state index in [-0.39, 0.29) is 6.61 Å². The number of rotatable bonds is 1. The molecule has 0 saturated carbocycles. The Bertz CT molecular complexity index is 152. The Kier molecular flexibility index (Phi) is 3.69. The van der Waals surface area contributed by atoms with E-state index in [1.165, 1.54) is 0 Å². The molecule has 1 saturated heterocycles. The van der Waals surface area contributed by atoms with Gasteiger partial charge < -0.3 is 20.4 Å². The highest BCUT2D eigenvalue weighted by Crippen LogP contribution is 2.34. The number of thioether (sulfide) groups is 1. The second-order valence-corrected chi connectivity index (χ2v) is 5.01. The SMILES string of the molecule is OC[C@@H]1S[C@@H](S)[C@H](O)[C@@H](O)[C@@H]1O. The highest BCUT2D eigenvalue weighted by Gasteiger charge is 2.41. The Labute approximate surface area is 80.0 Å². The lowest BCUT2D eigenvalue weighted by molar-refractivity contribution is -0.0623. The first kappa shape index (κ1) is 10.6. The molecule has 4 N–H and O–H groups in total. The van der Waals surface area contributed by atoms with Crippen molar-refractivity contribution >= 4 is 24.4 Å². The van der Waals surface area contributed by atoms with Gasteiger partial charge in [0, 0.05) is 0 Å². The van der Waals surface area contributed by atoms with Gasteiger partial charge in [-0.1, -0.05) is 0 Å². The van der Waals surface area contributed by atoms with Gasteiger partial charge in [0.15, 0.2) is 0 Å². The van der Waals surface area contributed by atoms with Crippen molar-refractivity contribution in [1.82, 2.24) is 0 Å². The van der Waals surface area contributed by atoms with E-state index in [2.05, 4.69) is 12.6 Å². The maximum atomic E-state index is 9.30. The Morgan fingerprint density at radius 2 is 1.67 bits per heavy atom. The highest BCUT2D eigenvalue weighted by atomic mass is 32.2. The fraction of sp³-hybridized carbons (Fsp3) is 1.00. The second kappa shape index (κ2) is 4.17. The molecule has 1 aliphatic heterocycles. The molecule has 6 heteroatoms. The largest absolute Gasteiger partial charge is 0.395 e. The molecule has 0 bridgehead atoms. The summed E-state index contributed by atoms with van der Waals surface area (Å²) in [6.45, 7) is -0.229. The highest BCUT2D eigenvalue weighted by molar-refractivity contribution is 8.10. The van der Waals surface area contributed by atoms with Gasteiger partial charge in [-0.2, -0.15) is 12.6 Å². The van der Waals surface area contributed by atoms with Gasteiger partial charge in [0.1, 0.15) is 12.2 Å². The molecule has 12 heavy (non-hydrogen) atoms. The van der Waals surface area contributed by atoms with Gasteiger partial charge in [0.05, 0.1) is 22.5 Å². The van der Waals surface area contributed by atoms with Gasteiger partial charge in [-0.05, 0) is 0 Å². The predicted molar refractivity (Wildman–Crippen MR) is 49.3 cm³/mol. The van der Waals surface area contributed by atoms with E-state index in [0.29, 0.717) is 0 Å². The van der Waals surface area contributed by atoms with Crippen LogP contribution in [0, 0.1) is 0 Å². The topological polar surface area (TPSA) is 80.9 Å². The quantitative estimate of drug-likeness (QED) is 0.339. The van der Waals surface area contributed by atoms with Crippen LogP contribution in [0.25, 0.3) is 0 Å². The molecule has 0 spiro atoms. The smallest absolute Gasteiger partial charge is 0.109 e. The number of hydrogen-bond donors (Lipinski definition) is 5. The minimum absolute atomic E-state index is 0.229. The minimum Gasteiger partial charge on any atom is -0.395 e. The zero-order valence-corrected chi connectivity index (χ0v) is 7.95. The molecule has 1 heterocycles. The van der Waals surface area contributed by atoms with Crippen LogP contribution in [-0.4, -0.2) is 55.2 Å². The molecule has 0 unspecified atom stereocenters. The van der Waals surface area contributed by atoms with Gasteiger partial charge in [-0.25, -0.2) is 0 Å². The maximum absolute atomic E-state index is 9.30. The lowest BCUT2D eigenvalue weighted by Gasteiger charge is -2.37. The zero-order chi connectivity index (χ0) is 9.30. The molecular formula is C6H12O4S2. The van der Waals surface area contributed by atoms with Gasteiger partial charge in [-0.15, -0.1) is 11.8 Å². The number of aliphatic hydroxyl groups is 4. The van der Waals surface area contributed by atoms with Crippen LogP contribution in [0.4, 0.5) is 0 Å². The minimum atomic E-state index is -1.22. The van der Waals surface area contributed by atoms with E-state index in [4.69, 9.17) is 5.11 Å². The molecule has 0 aromatic heterocycles. The van der Waals surface area contributed by atoms with Crippen molar-refractivity contribution in [3.8, 4) is 0 Å². The molecule has 0 amide bonds. The standard InChI is InChI=1S/C6H12O4S2/c7-1-2-3(8)4(9)5(10)6(11)12-2/h2-11H,1H2/t2-,3+,4-,5+,6+/m0/s1. The van der Waals surface area contributed by atoms with Crippen molar-refractivity contribution in [2.45, 2.75) is 28.1 Å². The first-order valence-electron chi connectivity index (χ1n) is 3.56. The second-order valence-electron chi connectivity index (χ2n) is 2.72. The Balaban J connectivity index is 2.63. The predicted octanol–water partition coefficient (Wildman–Crippen LogP) is -1.57. The van der Waals surface area contributed by atoms with E-state index < -0.39 is 28.1 Å². The third-order valence-electron chi connectivity index (χ3n) is 1.87. The summed E-state index contributed by atoms with van der Waals surface area (Å²) < 4.78 is -0.458. The lowest BCUT2D eigenvalue weighted by Crippen LogP contribution is -2.52. The molecule has 1 aliphatic rings. The van der Waals surface area contributed by atoms with Crippen LogP contribution >= 0.6 is 24.4 Å². The van der Waals surface area contributed by atoms with E-state index in [9.17, 15) is 15.3 Å². The Morgan fingerprint density at radius 1 is 1.08 bits per heavy atom. The summed E-state index contributed by atoms with van der Waals surface area (Å²) in [5.41, 5.74) is 0. The van der Waals surface area contributed by atoms with Crippen LogP contribution in [-0.2, 0) is 0 Å². The average Bonchev–Trinajstić information content (AvgIpc) is 2.08. The summed E-state index contributed by atoms with van der Waals surface area (Å²) in [6, 6.07) is 0. The molecule has 4 nitrogen and oxygen atoms in total. The van der Waals surface area contributed by atoms with Crippen LogP contribution in [0.2, 0.25) is 0 Å². The number of aliphatic hydroxyl groups excluding tert-OH is 4. The summed E-state index contributed by atoms with van der Waals surface area (Å²) >= 11 is 5.16. The first-order chi connectivity index (χ1) is 5.57. The fourth-order valence-corrected chi connectivity index (χ4v) is 2.82. The van der Waals surface area contributed by atoms with Crippen LogP contribution in [0.3, 0.4) is 0 Å². The number of hydrogen-bond acceptors (Lipinski definition) is 6. The molecule has 72 valence electrons. The number of thiol groups is 1. The van der Waals surface area contributed by atoms with Crippen LogP contribution < -0.4 is 0 Å². The summed E-state index contributed by atoms with van der Waals surface area (Å²) in [7, 11) is 0. The monoisotopic (exact) mass is 212 g/mol. The van der Waals surface area contributed by atoms with Crippen molar-refractivity contribution in [2.75, 3.05) is 6.61 Å². The summed E-state index contributed by atoms with van der Waals surface area (Å²) in [6.07, 6.45) is -3.35. The normalized spacial score (nSPS) is 49.2. The molecule has 5 atom stereocenters. The van der Waals surface area contributed by atoms with E-state index >= 15 is 0 Å². The molecule has 0 aliphatic carbocycles. The molecule has 0 aromatic rings. The van der Waals surface area contributed by atoms with Gasteiger partial charge in [0.25, 0.3) is 0 Å². The summed E-state index contributed by atoms with van der Waals surface area (Å²) in [5, 5.41) is 36.1. The van der Waals surface area contributed by atoms with Crippen molar-refractivity contribution in [2.24, 2.45) is 0 Å². The van der Waals surface area contributed by atoms with Crippen molar-refractivity contribution in [3.05, 3.63) is 0 Å². The third-order valence-corrected chi connectivity index (χ3v) is 3.87. The van der Waals surface area contributed by atoms with Gasteiger partial charge >= 0.3 is 0 Å². The Hall–Kier alpha value is 0.540. The maximum Gasteiger partial charge on any atom is 0.109 e. The summed E-state index contributed by atoms with van der Waals surface area (Å²) in [4.78, 5) is 0. The van der Waals surface area contributed by atoms with Gasteiger partial charge in [-0.3, -0.25) is 0 Å². The van der Waals surface area contributed by atoms with Gasteiger partial charge in [0.2, 0.25) is 0 Å². The zero-order valence-electron chi connectivity index (χ0n) is 6.24. The van der Waals surface area contributed by atoms with E-state index in [1.54, 1.807) is 0 Å². The van der Waals surface area contributed by atoms with Crippen LogP contribution in [0.5, 0.6) is 0 Å². The van der Waals surface area contributed by atoms with Crippen molar-refractivity contribution < 1.29 is 20.4 Å². The summed E-state index contributed by atoms with van der Waals surface area (Å²) in [5.74, 6) is 0. The molecule has 0 aromatic carbocycles. The molecule has 0 radical (unpaired) electrons. The van der Waals surface area contributed by atoms with Crippen LogP contribution in [0.15, 0.2) is 0 Å². The Morgan fingerprint density at radius 3 is 2.17 bits per heavy atom. The lowest BCUT2D eigenvalue weighted by atomic mass is 10.1. The molecule has 1 rings (SSSR count). The average molecular weight is 212 g/mol. The fourth-order valence-electron chi connectivity index (χ4n) is 1.08. The van der Waals surface area contributed by atoms with E-state index in [0.717, 1.165) is 11.8 Å². The first-order valence-corrected chi connectivity index (χ1v) is 5.02. The van der Waals surface area contributed by atoms with Crippen LogP contribution in [0.1, 0.15) is 0 Å². The third kappa shape index (κ3) is 1.89.